The second kappa shape index (κ2) is 8.65. The van der Waals surface area contributed by atoms with E-state index >= 15 is 0 Å². The number of hydrogen-bond donors (Lipinski definition) is 2. The van der Waals surface area contributed by atoms with Crippen LogP contribution in [0.1, 0.15) is 33.6 Å². The lowest BCUT2D eigenvalue weighted by molar-refractivity contribution is -0.136. The van der Waals surface area contributed by atoms with E-state index < -0.39 is 21.9 Å². The van der Waals surface area contributed by atoms with Gasteiger partial charge in [-0.1, -0.05) is 20.8 Å². The molecule has 0 unspecified atom stereocenters. The lowest BCUT2D eigenvalue weighted by Gasteiger charge is -2.36. The first-order valence-electron chi connectivity index (χ1n) is 8.33. The Morgan fingerprint density at radius 3 is 2.19 bits per heavy atom. The van der Waals surface area contributed by atoms with E-state index in [1.165, 1.54) is 12.1 Å². The Labute approximate surface area is 160 Å². The number of piperidine rings is 1. The van der Waals surface area contributed by atoms with Crippen molar-refractivity contribution in [2.24, 2.45) is 11.1 Å². The lowest BCUT2D eigenvalue weighted by Crippen LogP contribution is -2.54. The van der Waals surface area contributed by atoms with E-state index in [1.54, 1.807) is 4.90 Å². The van der Waals surface area contributed by atoms with Crippen LogP contribution in [0.5, 0.6) is 0 Å². The van der Waals surface area contributed by atoms with Crippen LogP contribution in [0.2, 0.25) is 0 Å². The first-order chi connectivity index (χ1) is 11.5. The van der Waals surface area contributed by atoms with Crippen LogP contribution in [0.15, 0.2) is 29.2 Å². The fourth-order valence-electron chi connectivity index (χ4n) is 2.69. The third-order valence-corrected chi connectivity index (χ3v) is 5.99. The van der Waals surface area contributed by atoms with Crippen LogP contribution in [0, 0.1) is 11.2 Å². The second-order valence-corrected chi connectivity index (χ2v) is 9.23. The van der Waals surface area contributed by atoms with Gasteiger partial charge in [-0.15, -0.1) is 12.4 Å². The Bertz CT molecular complexity index is 712. The summed E-state index contributed by atoms with van der Waals surface area (Å²) in [6.07, 6.45) is 1.03. The zero-order valence-electron chi connectivity index (χ0n) is 15.2. The molecule has 0 bridgehead atoms. The number of likely N-dealkylation sites (tertiary alicyclic amines) is 1. The number of carbonyl (C=O) groups excluding carboxylic acids is 1. The largest absolute Gasteiger partial charge is 0.341 e. The molecule has 0 radical (unpaired) electrons. The SMILES string of the molecule is CC(C)(C)[C@H](N)C(=O)N1CCC(NS(=O)(=O)c2ccc(F)cc2)CC1.Cl. The summed E-state index contributed by atoms with van der Waals surface area (Å²) in [6, 6.07) is 3.86. The summed E-state index contributed by atoms with van der Waals surface area (Å²) in [7, 11) is -3.70. The van der Waals surface area contributed by atoms with E-state index in [2.05, 4.69) is 4.72 Å². The van der Waals surface area contributed by atoms with E-state index in [4.69, 9.17) is 5.73 Å². The van der Waals surface area contributed by atoms with Crippen molar-refractivity contribution in [3.8, 4) is 0 Å². The highest BCUT2D eigenvalue weighted by atomic mass is 35.5. The van der Waals surface area contributed by atoms with E-state index in [-0.39, 0.29) is 34.7 Å². The number of hydrogen-bond acceptors (Lipinski definition) is 4. The average molecular weight is 408 g/mol. The average Bonchev–Trinajstić information content (AvgIpc) is 2.53. The smallest absolute Gasteiger partial charge is 0.240 e. The molecule has 1 aliphatic heterocycles. The van der Waals surface area contributed by atoms with Gasteiger partial charge in [-0.2, -0.15) is 0 Å². The predicted octanol–water partition coefficient (Wildman–Crippen LogP) is 1.89. The molecule has 9 heteroatoms. The third kappa shape index (κ3) is 5.64. The predicted molar refractivity (Wildman–Crippen MR) is 101 cm³/mol. The van der Waals surface area contributed by atoms with Gasteiger partial charge in [-0.05, 0) is 42.5 Å². The van der Waals surface area contributed by atoms with Gasteiger partial charge in [0.1, 0.15) is 5.82 Å². The maximum atomic E-state index is 12.9. The minimum absolute atomic E-state index is 0. The number of rotatable bonds is 4. The summed E-state index contributed by atoms with van der Waals surface area (Å²) in [5.41, 5.74) is 5.70. The molecule has 0 saturated carbocycles. The van der Waals surface area contributed by atoms with Crippen LogP contribution in [-0.2, 0) is 14.8 Å². The molecule has 1 aliphatic rings. The molecule has 1 aromatic rings. The Balaban J connectivity index is 0.00000338. The van der Waals surface area contributed by atoms with Gasteiger partial charge in [-0.25, -0.2) is 17.5 Å². The zero-order valence-corrected chi connectivity index (χ0v) is 16.9. The van der Waals surface area contributed by atoms with Crippen LogP contribution < -0.4 is 10.5 Å². The standard InChI is InChI=1S/C17H26FN3O3S.ClH/c1-17(2,3)15(19)16(22)21-10-8-13(9-11-21)20-25(23,24)14-6-4-12(18)5-7-14;/h4-7,13,15,20H,8-11,19H2,1-3H3;1H/t15-;/m1./s1. The Kier molecular flexibility index (Phi) is 7.59. The van der Waals surface area contributed by atoms with Crippen molar-refractivity contribution in [3.05, 3.63) is 30.1 Å². The summed E-state index contributed by atoms with van der Waals surface area (Å²) in [6.45, 7) is 6.66. The summed E-state index contributed by atoms with van der Waals surface area (Å²) in [4.78, 5) is 14.1. The summed E-state index contributed by atoms with van der Waals surface area (Å²) in [5.74, 6) is -0.590. The van der Waals surface area contributed by atoms with Crippen LogP contribution in [0.25, 0.3) is 0 Å². The van der Waals surface area contributed by atoms with E-state index in [0.717, 1.165) is 12.1 Å². The molecule has 1 heterocycles. The third-order valence-electron chi connectivity index (χ3n) is 4.45. The topological polar surface area (TPSA) is 92.5 Å². The van der Waals surface area contributed by atoms with Gasteiger partial charge < -0.3 is 10.6 Å². The highest BCUT2D eigenvalue weighted by Crippen LogP contribution is 2.21. The van der Waals surface area contributed by atoms with Crippen molar-refractivity contribution in [2.75, 3.05) is 13.1 Å². The molecular weight excluding hydrogens is 381 g/mol. The number of benzene rings is 1. The highest BCUT2D eigenvalue weighted by molar-refractivity contribution is 7.89. The number of halogens is 2. The van der Waals surface area contributed by atoms with Crippen molar-refractivity contribution in [2.45, 2.75) is 50.6 Å². The maximum absolute atomic E-state index is 12.9. The molecule has 2 rings (SSSR count). The molecule has 1 fully saturated rings. The van der Waals surface area contributed by atoms with Gasteiger partial charge in [0.05, 0.1) is 10.9 Å². The summed E-state index contributed by atoms with van der Waals surface area (Å²) >= 11 is 0. The summed E-state index contributed by atoms with van der Waals surface area (Å²) in [5, 5.41) is 0. The molecule has 3 N–H and O–H groups in total. The number of nitrogens with zero attached hydrogens (tertiary/aromatic N) is 1. The minimum atomic E-state index is -3.70. The van der Waals surface area contributed by atoms with Crippen molar-refractivity contribution >= 4 is 28.3 Å². The zero-order chi connectivity index (χ0) is 18.8. The quantitative estimate of drug-likeness (QED) is 0.797. The van der Waals surface area contributed by atoms with E-state index in [9.17, 15) is 17.6 Å². The van der Waals surface area contributed by atoms with Gasteiger partial charge in [0.15, 0.2) is 0 Å². The first-order valence-corrected chi connectivity index (χ1v) is 9.81. The fraction of sp³-hybridized carbons (Fsp3) is 0.588. The van der Waals surface area contributed by atoms with Gasteiger partial charge >= 0.3 is 0 Å². The number of amides is 1. The monoisotopic (exact) mass is 407 g/mol. The molecule has 0 aromatic heterocycles. The molecule has 1 amide bonds. The number of carbonyl (C=O) groups is 1. The normalized spacial score (nSPS) is 17.5. The maximum Gasteiger partial charge on any atom is 0.240 e. The first kappa shape index (κ1) is 22.8. The Hall–Kier alpha value is -1.22. The minimum Gasteiger partial charge on any atom is -0.341 e. The molecule has 26 heavy (non-hydrogen) atoms. The summed E-state index contributed by atoms with van der Waals surface area (Å²) < 4.78 is 40.2. The highest BCUT2D eigenvalue weighted by Gasteiger charge is 2.33. The molecule has 1 saturated heterocycles. The number of nitrogens with two attached hydrogens (primary N) is 1. The molecule has 0 aliphatic carbocycles. The molecule has 0 spiro atoms. The van der Waals surface area contributed by atoms with Crippen molar-refractivity contribution < 1.29 is 17.6 Å². The van der Waals surface area contributed by atoms with Gasteiger partial charge in [0, 0.05) is 19.1 Å². The Morgan fingerprint density at radius 1 is 1.23 bits per heavy atom. The van der Waals surface area contributed by atoms with Gasteiger partial charge in [-0.3, -0.25) is 4.79 Å². The van der Waals surface area contributed by atoms with Crippen LogP contribution in [0.4, 0.5) is 4.39 Å². The molecule has 6 nitrogen and oxygen atoms in total. The van der Waals surface area contributed by atoms with Crippen LogP contribution in [-0.4, -0.2) is 44.4 Å². The van der Waals surface area contributed by atoms with E-state index in [1.807, 2.05) is 20.8 Å². The van der Waals surface area contributed by atoms with Crippen molar-refractivity contribution in [1.82, 2.24) is 9.62 Å². The fourth-order valence-corrected chi connectivity index (χ4v) is 3.99. The van der Waals surface area contributed by atoms with Gasteiger partial charge in [0.2, 0.25) is 15.9 Å². The van der Waals surface area contributed by atoms with Crippen molar-refractivity contribution in [3.63, 3.8) is 0 Å². The molecular formula is C17H27ClFN3O3S. The molecule has 148 valence electrons. The van der Waals surface area contributed by atoms with E-state index in [0.29, 0.717) is 25.9 Å². The van der Waals surface area contributed by atoms with Crippen molar-refractivity contribution in [1.29, 1.82) is 0 Å². The lowest BCUT2D eigenvalue weighted by atomic mass is 9.86. The Morgan fingerprint density at radius 2 is 1.73 bits per heavy atom. The molecule has 1 atom stereocenters. The van der Waals surface area contributed by atoms with Gasteiger partial charge in [0.25, 0.3) is 0 Å². The second-order valence-electron chi connectivity index (χ2n) is 7.52. The van der Waals surface area contributed by atoms with Crippen LogP contribution in [0.3, 0.4) is 0 Å². The van der Waals surface area contributed by atoms with Crippen LogP contribution >= 0.6 is 12.4 Å². The molecule has 1 aromatic carbocycles. The number of sulfonamides is 1. The number of nitrogens with one attached hydrogen (secondary N) is 1.